The van der Waals surface area contributed by atoms with Crippen LogP contribution in [-0.2, 0) is 11.8 Å². The molecule has 0 bridgehead atoms. The summed E-state index contributed by atoms with van der Waals surface area (Å²) in [5.74, 6) is 0. The van der Waals surface area contributed by atoms with Crippen LogP contribution < -0.4 is 5.73 Å². The van der Waals surface area contributed by atoms with Crippen LogP contribution in [0, 0.1) is 11.3 Å². The summed E-state index contributed by atoms with van der Waals surface area (Å²) in [5, 5.41) is 10.4. The van der Waals surface area contributed by atoms with Gasteiger partial charge in [0, 0.05) is 23.6 Å². The summed E-state index contributed by atoms with van der Waals surface area (Å²) < 4.78 is 0. The summed E-state index contributed by atoms with van der Waals surface area (Å²) in [6.45, 7) is 3.85. The van der Waals surface area contributed by atoms with Crippen LogP contribution in [0.2, 0.25) is 0 Å². The van der Waals surface area contributed by atoms with E-state index < -0.39 is 5.41 Å². The largest absolute Gasteiger partial charge is 0.397 e. The first-order valence-corrected chi connectivity index (χ1v) is 9.57. The summed E-state index contributed by atoms with van der Waals surface area (Å²) in [4.78, 5) is 8.95. The van der Waals surface area contributed by atoms with E-state index in [4.69, 9.17) is 5.73 Å². The van der Waals surface area contributed by atoms with Gasteiger partial charge in [0.15, 0.2) is 0 Å². The molecule has 0 atom stereocenters. The third kappa shape index (κ3) is 3.68. The maximum absolute atomic E-state index is 9.35. The van der Waals surface area contributed by atoms with Gasteiger partial charge >= 0.3 is 0 Å². The molecule has 4 heteroatoms. The lowest BCUT2D eigenvalue weighted by molar-refractivity contribution is 0.686. The van der Waals surface area contributed by atoms with E-state index in [-0.39, 0.29) is 0 Å². The van der Waals surface area contributed by atoms with Gasteiger partial charge in [-0.05, 0) is 54.8 Å². The van der Waals surface area contributed by atoms with E-state index in [1.54, 1.807) is 12.4 Å². The molecule has 0 amide bonds. The van der Waals surface area contributed by atoms with Crippen LogP contribution in [-0.4, -0.2) is 9.97 Å². The lowest BCUT2D eigenvalue weighted by atomic mass is 9.85. The fraction of sp³-hybridized carbons (Fsp3) is 0.160. The Morgan fingerprint density at radius 2 is 1.79 bits per heavy atom. The molecular weight excluding hydrogens is 356 g/mol. The fourth-order valence-electron chi connectivity index (χ4n) is 3.46. The Hall–Kier alpha value is -3.71. The number of anilines is 1. The van der Waals surface area contributed by atoms with Crippen molar-refractivity contribution in [1.29, 1.82) is 5.26 Å². The molecule has 0 aliphatic heterocycles. The molecule has 29 heavy (non-hydrogen) atoms. The molecule has 0 aliphatic carbocycles. The number of fused-ring (bicyclic) bond motifs is 1. The monoisotopic (exact) mass is 378 g/mol. The second kappa shape index (κ2) is 7.37. The van der Waals surface area contributed by atoms with Crippen LogP contribution in [0.3, 0.4) is 0 Å². The first-order chi connectivity index (χ1) is 14.0. The maximum atomic E-state index is 9.35. The Bertz CT molecular complexity index is 1200. The normalized spacial score (nSPS) is 11.3. The van der Waals surface area contributed by atoms with Crippen molar-refractivity contribution in [2.24, 2.45) is 0 Å². The molecule has 142 valence electrons. The zero-order valence-electron chi connectivity index (χ0n) is 16.6. The molecule has 4 rings (SSSR count). The van der Waals surface area contributed by atoms with Crippen molar-refractivity contribution in [1.82, 2.24) is 9.97 Å². The van der Waals surface area contributed by atoms with Crippen molar-refractivity contribution >= 4 is 16.6 Å². The molecule has 0 fully saturated rings. The van der Waals surface area contributed by atoms with Crippen LogP contribution in [0.25, 0.3) is 22.2 Å². The highest BCUT2D eigenvalue weighted by atomic mass is 14.7. The number of hydrogen-bond donors (Lipinski definition) is 1. The van der Waals surface area contributed by atoms with Crippen LogP contribution in [0.15, 0.2) is 73.1 Å². The third-order valence-corrected chi connectivity index (χ3v) is 5.31. The number of nitrogens with zero attached hydrogens (tertiary/aromatic N) is 3. The van der Waals surface area contributed by atoms with Gasteiger partial charge in [0.25, 0.3) is 0 Å². The van der Waals surface area contributed by atoms with Crippen LogP contribution in [0.5, 0.6) is 0 Å². The SMILES string of the molecule is CC(C)(C#N)c1ccc(Cc2c(N)cnc3ccc(-c4ccccn4)cc23)cc1. The second-order valence-electron chi connectivity index (χ2n) is 7.75. The number of nitriles is 1. The quantitative estimate of drug-likeness (QED) is 0.525. The van der Waals surface area contributed by atoms with Crippen molar-refractivity contribution in [3.05, 3.63) is 89.7 Å². The molecule has 2 heterocycles. The summed E-state index contributed by atoms with van der Waals surface area (Å²) in [5.41, 5.74) is 12.6. The Balaban J connectivity index is 1.75. The molecule has 0 saturated heterocycles. The number of pyridine rings is 2. The molecule has 0 saturated carbocycles. The first kappa shape index (κ1) is 18.6. The smallest absolute Gasteiger partial charge is 0.0766 e. The lowest BCUT2D eigenvalue weighted by Crippen LogP contribution is -2.13. The average molecular weight is 378 g/mol. The van der Waals surface area contributed by atoms with Crippen molar-refractivity contribution < 1.29 is 0 Å². The molecule has 2 aromatic carbocycles. The number of nitrogen functional groups attached to an aromatic ring is 1. The number of aromatic nitrogens is 2. The van der Waals surface area contributed by atoms with E-state index in [0.717, 1.165) is 38.9 Å². The Labute approximate surface area is 170 Å². The lowest BCUT2D eigenvalue weighted by Gasteiger charge is -2.16. The summed E-state index contributed by atoms with van der Waals surface area (Å²) in [6, 6.07) is 22.6. The number of rotatable bonds is 4. The summed E-state index contributed by atoms with van der Waals surface area (Å²) in [7, 11) is 0. The molecule has 0 unspecified atom stereocenters. The van der Waals surface area contributed by atoms with Gasteiger partial charge in [0.05, 0.1) is 34.6 Å². The molecule has 4 aromatic rings. The molecule has 0 aliphatic rings. The van der Waals surface area contributed by atoms with E-state index in [9.17, 15) is 5.26 Å². The van der Waals surface area contributed by atoms with Crippen LogP contribution in [0.4, 0.5) is 5.69 Å². The second-order valence-corrected chi connectivity index (χ2v) is 7.75. The van der Waals surface area contributed by atoms with Crippen LogP contribution in [0.1, 0.15) is 30.5 Å². The van der Waals surface area contributed by atoms with Crippen LogP contribution >= 0.6 is 0 Å². The minimum Gasteiger partial charge on any atom is -0.397 e. The zero-order valence-corrected chi connectivity index (χ0v) is 16.6. The summed E-state index contributed by atoms with van der Waals surface area (Å²) >= 11 is 0. The van der Waals surface area contributed by atoms with Crippen molar-refractivity contribution in [2.45, 2.75) is 25.7 Å². The summed E-state index contributed by atoms with van der Waals surface area (Å²) in [6.07, 6.45) is 4.22. The van der Waals surface area contributed by atoms with Gasteiger partial charge in [-0.25, -0.2) is 0 Å². The van der Waals surface area contributed by atoms with E-state index in [0.29, 0.717) is 12.1 Å². The zero-order chi connectivity index (χ0) is 20.4. The Morgan fingerprint density at radius 3 is 2.48 bits per heavy atom. The number of nitrogens with two attached hydrogens (primary N) is 1. The standard InChI is InChI=1S/C25H22N4/c1-25(2,16-26)19-9-6-17(7-10-19)13-20-21-14-18(23-5-3-4-12-28-23)8-11-24(21)29-15-22(20)27/h3-12,14-15H,13,27H2,1-2H3. The number of hydrogen-bond acceptors (Lipinski definition) is 4. The molecule has 2 N–H and O–H groups in total. The van der Waals surface area contributed by atoms with Gasteiger partial charge in [0.1, 0.15) is 0 Å². The van der Waals surface area contributed by atoms with Gasteiger partial charge in [-0.3, -0.25) is 9.97 Å². The van der Waals surface area contributed by atoms with E-state index in [1.807, 2.05) is 56.3 Å². The fourth-order valence-corrected chi connectivity index (χ4v) is 3.46. The van der Waals surface area contributed by atoms with E-state index in [2.05, 4.69) is 34.2 Å². The Kier molecular flexibility index (Phi) is 4.74. The highest BCUT2D eigenvalue weighted by Gasteiger charge is 2.19. The first-order valence-electron chi connectivity index (χ1n) is 9.57. The highest BCUT2D eigenvalue weighted by molar-refractivity contribution is 5.90. The third-order valence-electron chi connectivity index (χ3n) is 5.31. The van der Waals surface area contributed by atoms with E-state index in [1.165, 1.54) is 0 Å². The molecule has 4 nitrogen and oxygen atoms in total. The predicted molar refractivity (Wildman–Crippen MR) is 117 cm³/mol. The van der Waals surface area contributed by atoms with Gasteiger partial charge in [-0.15, -0.1) is 0 Å². The Morgan fingerprint density at radius 1 is 1.00 bits per heavy atom. The molecule has 0 spiro atoms. The van der Waals surface area contributed by atoms with Gasteiger partial charge in [0.2, 0.25) is 0 Å². The van der Waals surface area contributed by atoms with E-state index >= 15 is 0 Å². The van der Waals surface area contributed by atoms with Crippen molar-refractivity contribution in [3.8, 4) is 17.3 Å². The van der Waals surface area contributed by atoms with Gasteiger partial charge in [-0.1, -0.05) is 36.4 Å². The topological polar surface area (TPSA) is 75.6 Å². The molecule has 0 radical (unpaired) electrons. The van der Waals surface area contributed by atoms with Crippen molar-refractivity contribution in [2.75, 3.05) is 5.73 Å². The highest BCUT2D eigenvalue weighted by Crippen LogP contribution is 2.30. The minimum atomic E-state index is -0.501. The van der Waals surface area contributed by atoms with Gasteiger partial charge in [-0.2, -0.15) is 5.26 Å². The molecule has 2 aromatic heterocycles. The molecular formula is C25H22N4. The van der Waals surface area contributed by atoms with Gasteiger partial charge < -0.3 is 5.73 Å². The minimum absolute atomic E-state index is 0.501. The number of benzene rings is 2. The van der Waals surface area contributed by atoms with Crippen molar-refractivity contribution in [3.63, 3.8) is 0 Å². The average Bonchev–Trinajstić information content (AvgIpc) is 2.76. The predicted octanol–water partition coefficient (Wildman–Crippen LogP) is 5.27. The maximum Gasteiger partial charge on any atom is 0.0766 e.